The topological polar surface area (TPSA) is 52.5 Å². The number of aliphatic hydroxyl groups is 2. The maximum atomic E-state index is 8.74. The molecule has 0 aliphatic heterocycles. The van der Waals surface area contributed by atoms with E-state index in [1.807, 2.05) is 0 Å². The van der Waals surface area contributed by atoms with Crippen molar-refractivity contribution in [2.75, 3.05) is 13.2 Å². The Kier molecular flexibility index (Phi) is 5.46. The van der Waals surface area contributed by atoms with Crippen LogP contribution in [0.4, 0.5) is 0 Å². The second-order valence-electron chi connectivity index (χ2n) is 4.12. The fraction of sp³-hybridized carbons (Fsp3) is 1.00. The summed E-state index contributed by atoms with van der Waals surface area (Å²) < 4.78 is 0. The van der Waals surface area contributed by atoms with Crippen LogP contribution < -0.4 is 5.32 Å². The lowest BCUT2D eigenvalue weighted by atomic mass is 10.0. The lowest BCUT2D eigenvalue weighted by Gasteiger charge is -2.27. The van der Waals surface area contributed by atoms with E-state index in [4.69, 9.17) is 10.2 Å². The van der Waals surface area contributed by atoms with E-state index in [9.17, 15) is 0 Å². The molecule has 0 spiro atoms. The van der Waals surface area contributed by atoms with E-state index in [0.29, 0.717) is 12.8 Å². The molecule has 0 aliphatic carbocycles. The van der Waals surface area contributed by atoms with E-state index >= 15 is 0 Å². The smallest absolute Gasteiger partial charge is 0.0445 e. The molecule has 3 nitrogen and oxygen atoms in total. The normalized spacial score (nSPS) is 12.5. The molecule has 0 saturated carbocycles. The van der Waals surface area contributed by atoms with E-state index in [0.717, 1.165) is 0 Å². The molecule has 74 valence electrons. The van der Waals surface area contributed by atoms with Crippen molar-refractivity contribution in [2.45, 2.75) is 45.2 Å². The Morgan fingerprint density at radius 1 is 1.08 bits per heavy atom. The molecule has 0 saturated heterocycles. The van der Waals surface area contributed by atoms with Crippen LogP contribution in [0.25, 0.3) is 0 Å². The van der Waals surface area contributed by atoms with E-state index in [1.54, 1.807) is 0 Å². The number of hydrogen-bond acceptors (Lipinski definition) is 3. The van der Waals surface area contributed by atoms with Gasteiger partial charge in [-0.2, -0.15) is 0 Å². The SMILES string of the molecule is CC(C)(C)NC(CCO)CCO. The lowest BCUT2D eigenvalue weighted by Crippen LogP contribution is -2.44. The summed E-state index contributed by atoms with van der Waals surface area (Å²) in [5.74, 6) is 0. The molecule has 0 radical (unpaired) electrons. The predicted octanol–water partition coefficient (Wildman–Crippen LogP) is 0.508. The Hall–Kier alpha value is -0.120. The number of nitrogens with one attached hydrogen (secondary N) is 1. The molecular weight excluding hydrogens is 154 g/mol. The van der Waals surface area contributed by atoms with Gasteiger partial charge in [-0.25, -0.2) is 0 Å². The van der Waals surface area contributed by atoms with Gasteiger partial charge in [-0.05, 0) is 33.6 Å². The molecule has 0 atom stereocenters. The quantitative estimate of drug-likeness (QED) is 0.570. The first-order valence-electron chi connectivity index (χ1n) is 4.49. The highest BCUT2D eigenvalue weighted by molar-refractivity contribution is 4.77. The molecule has 0 aromatic heterocycles. The van der Waals surface area contributed by atoms with Gasteiger partial charge >= 0.3 is 0 Å². The van der Waals surface area contributed by atoms with Gasteiger partial charge < -0.3 is 15.5 Å². The van der Waals surface area contributed by atoms with Crippen molar-refractivity contribution < 1.29 is 10.2 Å². The number of rotatable bonds is 5. The van der Waals surface area contributed by atoms with E-state index in [2.05, 4.69) is 26.1 Å². The predicted molar refractivity (Wildman–Crippen MR) is 50.1 cm³/mol. The van der Waals surface area contributed by atoms with Crippen LogP contribution >= 0.6 is 0 Å². The lowest BCUT2D eigenvalue weighted by molar-refractivity contribution is 0.209. The zero-order chi connectivity index (χ0) is 9.61. The second kappa shape index (κ2) is 5.51. The monoisotopic (exact) mass is 175 g/mol. The molecule has 12 heavy (non-hydrogen) atoms. The van der Waals surface area contributed by atoms with Crippen LogP contribution in [-0.2, 0) is 0 Å². The summed E-state index contributed by atoms with van der Waals surface area (Å²) in [6.07, 6.45) is 1.41. The minimum absolute atomic E-state index is 0.0506. The van der Waals surface area contributed by atoms with Crippen molar-refractivity contribution in [3.05, 3.63) is 0 Å². The molecule has 0 amide bonds. The van der Waals surface area contributed by atoms with Gasteiger partial charge in [0, 0.05) is 24.8 Å². The average Bonchev–Trinajstić information content (AvgIpc) is 1.84. The highest BCUT2D eigenvalue weighted by Crippen LogP contribution is 2.06. The zero-order valence-corrected chi connectivity index (χ0v) is 8.30. The number of aliphatic hydroxyl groups excluding tert-OH is 2. The molecule has 3 N–H and O–H groups in total. The van der Waals surface area contributed by atoms with Crippen LogP contribution in [0.15, 0.2) is 0 Å². The van der Waals surface area contributed by atoms with Crippen molar-refractivity contribution in [3.63, 3.8) is 0 Å². The molecule has 0 aromatic carbocycles. The van der Waals surface area contributed by atoms with Gasteiger partial charge in [0.15, 0.2) is 0 Å². The summed E-state index contributed by atoms with van der Waals surface area (Å²) in [7, 11) is 0. The molecule has 3 heteroatoms. The molecule has 0 heterocycles. The van der Waals surface area contributed by atoms with Gasteiger partial charge in [-0.15, -0.1) is 0 Å². The maximum Gasteiger partial charge on any atom is 0.0445 e. The van der Waals surface area contributed by atoms with Gasteiger partial charge in [0.1, 0.15) is 0 Å². The Bertz CT molecular complexity index is 104. The van der Waals surface area contributed by atoms with Crippen molar-refractivity contribution >= 4 is 0 Å². The Balaban J connectivity index is 3.77. The average molecular weight is 175 g/mol. The standard InChI is InChI=1S/C9H21NO2/c1-9(2,3)10-8(4-6-11)5-7-12/h8,10-12H,4-7H2,1-3H3. The van der Waals surface area contributed by atoms with Crippen LogP contribution in [0, 0.1) is 0 Å². The van der Waals surface area contributed by atoms with Crippen molar-refractivity contribution in [1.29, 1.82) is 0 Å². The first-order valence-corrected chi connectivity index (χ1v) is 4.49. The van der Waals surface area contributed by atoms with E-state index in [1.165, 1.54) is 0 Å². The third-order valence-corrected chi connectivity index (χ3v) is 1.59. The Labute approximate surface area is 74.8 Å². The molecule has 0 unspecified atom stereocenters. The Morgan fingerprint density at radius 2 is 1.50 bits per heavy atom. The highest BCUT2D eigenvalue weighted by Gasteiger charge is 2.15. The maximum absolute atomic E-state index is 8.74. The molecule has 0 fully saturated rings. The largest absolute Gasteiger partial charge is 0.396 e. The second-order valence-corrected chi connectivity index (χ2v) is 4.12. The molecule has 0 aliphatic rings. The minimum atomic E-state index is 0.0506. The summed E-state index contributed by atoms with van der Waals surface area (Å²) in [5.41, 5.74) is 0.0506. The van der Waals surface area contributed by atoms with Gasteiger partial charge in [-0.1, -0.05) is 0 Å². The van der Waals surface area contributed by atoms with Crippen LogP contribution in [0.5, 0.6) is 0 Å². The van der Waals surface area contributed by atoms with Crippen LogP contribution in [-0.4, -0.2) is 35.0 Å². The fourth-order valence-electron chi connectivity index (χ4n) is 1.21. The van der Waals surface area contributed by atoms with Gasteiger partial charge in [0.2, 0.25) is 0 Å². The molecule has 0 aromatic rings. The third-order valence-electron chi connectivity index (χ3n) is 1.59. The fourth-order valence-corrected chi connectivity index (χ4v) is 1.21. The van der Waals surface area contributed by atoms with Gasteiger partial charge in [0.25, 0.3) is 0 Å². The Morgan fingerprint density at radius 3 is 1.75 bits per heavy atom. The zero-order valence-electron chi connectivity index (χ0n) is 8.30. The first kappa shape index (κ1) is 11.9. The van der Waals surface area contributed by atoms with Gasteiger partial charge in [-0.3, -0.25) is 0 Å². The summed E-state index contributed by atoms with van der Waals surface area (Å²) in [5, 5.41) is 20.8. The van der Waals surface area contributed by atoms with Crippen molar-refractivity contribution in [1.82, 2.24) is 5.32 Å². The summed E-state index contributed by atoms with van der Waals surface area (Å²) in [6, 6.07) is 0.222. The highest BCUT2D eigenvalue weighted by atomic mass is 16.3. The minimum Gasteiger partial charge on any atom is -0.396 e. The van der Waals surface area contributed by atoms with Crippen LogP contribution in [0.1, 0.15) is 33.6 Å². The summed E-state index contributed by atoms with van der Waals surface area (Å²) in [6.45, 7) is 6.58. The van der Waals surface area contributed by atoms with Crippen LogP contribution in [0.3, 0.4) is 0 Å². The number of hydrogen-bond donors (Lipinski definition) is 3. The van der Waals surface area contributed by atoms with Crippen LogP contribution in [0.2, 0.25) is 0 Å². The molecule has 0 rings (SSSR count). The van der Waals surface area contributed by atoms with Crippen molar-refractivity contribution in [2.24, 2.45) is 0 Å². The van der Waals surface area contributed by atoms with Gasteiger partial charge in [0.05, 0.1) is 0 Å². The third kappa shape index (κ3) is 6.58. The van der Waals surface area contributed by atoms with E-state index in [-0.39, 0.29) is 24.8 Å². The first-order chi connectivity index (χ1) is 5.49. The van der Waals surface area contributed by atoms with E-state index < -0.39 is 0 Å². The van der Waals surface area contributed by atoms with Crippen molar-refractivity contribution in [3.8, 4) is 0 Å². The molecule has 0 bridgehead atoms. The molecular formula is C9H21NO2. The summed E-state index contributed by atoms with van der Waals surface area (Å²) >= 11 is 0. The summed E-state index contributed by atoms with van der Waals surface area (Å²) in [4.78, 5) is 0.